The lowest BCUT2D eigenvalue weighted by Gasteiger charge is -2.17. The Morgan fingerprint density at radius 3 is 2.32 bits per heavy atom. The lowest BCUT2D eigenvalue weighted by molar-refractivity contribution is 0.857. The van der Waals surface area contributed by atoms with Crippen LogP contribution in [0.5, 0.6) is 0 Å². The predicted molar refractivity (Wildman–Crippen MR) is 85.8 cm³/mol. The molecule has 2 rings (SSSR count). The molecule has 19 heavy (non-hydrogen) atoms. The van der Waals surface area contributed by atoms with E-state index in [-0.39, 0.29) is 6.04 Å². The standard InChI is InChI=1S/C16H17BrClN/c1-9-8-14(17)10(2)7-13(9)16(19)12-4-5-15(18)11(3)6-12/h4-8,16H,19H2,1-3H3. The highest BCUT2D eigenvalue weighted by Gasteiger charge is 2.13. The molecule has 0 radical (unpaired) electrons. The van der Waals surface area contributed by atoms with E-state index >= 15 is 0 Å². The summed E-state index contributed by atoms with van der Waals surface area (Å²) in [6, 6.07) is 10.1. The Morgan fingerprint density at radius 1 is 1.00 bits per heavy atom. The van der Waals surface area contributed by atoms with Crippen LogP contribution in [0.3, 0.4) is 0 Å². The molecule has 0 spiro atoms. The van der Waals surface area contributed by atoms with E-state index in [1.807, 2.05) is 19.1 Å². The van der Waals surface area contributed by atoms with Crippen LogP contribution in [-0.4, -0.2) is 0 Å². The third-order valence-corrected chi connectivity index (χ3v) is 4.70. The van der Waals surface area contributed by atoms with E-state index in [2.05, 4.69) is 48.0 Å². The van der Waals surface area contributed by atoms with Crippen LogP contribution in [0.2, 0.25) is 5.02 Å². The fraction of sp³-hybridized carbons (Fsp3) is 0.250. The van der Waals surface area contributed by atoms with Gasteiger partial charge in [0.15, 0.2) is 0 Å². The number of aryl methyl sites for hydroxylation is 3. The second-order valence-corrected chi connectivity index (χ2v) is 6.21. The number of hydrogen-bond acceptors (Lipinski definition) is 1. The molecule has 2 N–H and O–H groups in total. The summed E-state index contributed by atoms with van der Waals surface area (Å²) in [5.74, 6) is 0. The topological polar surface area (TPSA) is 26.0 Å². The maximum atomic E-state index is 6.40. The number of hydrogen-bond donors (Lipinski definition) is 1. The number of benzene rings is 2. The van der Waals surface area contributed by atoms with Gasteiger partial charge in [-0.1, -0.05) is 45.7 Å². The highest BCUT2D eigenvalue weighted by molar-refractivity contribution is 9.10. The Balaban J connectivity index is 2.46. The fourth-order valence-electron chi connectivity index (χ4n) is 2.18. The van der Waals surface area contributed by atoms with Gasteiger partial charge in [-0.15, -0.1) is 0 Å². The molecular formula is C16H17BrClN. The van der Waals surface area contributed by atoms with Crippen LogP contribution in [0.1, 0.15) is 33.9 Å². The van der Waals surface area contributed by atoms with Gasteiger partial charge in [0.1, 0.15) is 0 Å². The van der Waals surface area contributed by atoms with Crippen molar-refractivity contribution in [2.24, 2.45) is 5.73 Å². The van der Waals surface area contributed by atoms with Crippen LogP contribution in [-0.2, 0) is 0 Å². The molecule has 0 aliphatic rings. The molecule has 0 saturated heterocycles. The molecule has 100 valence electrons. The molecule has 0 aliphatic heterocycles. The summed E-state index contributed by atoms with van der Waals surface area (Å²) in [5, 5.41) is 0.777. The number of nitrogens with two attached hydrogens (primary N) is 1. The van der Waals surface area contributed by atoms with Crippen molar-refractivity contribution in [1.82, 2.24) is 0 Å². The molecule has 1 atom stereocenters. The van der Waals surface area contributed by atoms with Crippen LogP contribution < -0.4 is 5.73 Å². The van der Waals surface area contributed by atoms with Gasteiger partial charge in [-0.3, -0.25) is 0 Å². The van der Waals surface area contributed by atoms with Crippen LogP contribution in [0.4, 0.5) is 0 Å². The van der Waals surface area contributed by atoms with Crippen LogP contribution in [0.25, 0.3) is 0 Å². The van der Waals surface area contributed by atoms with Gasteiger partial charge in [-0.2, -0.15) is 0 Å². The van der Waals surface area contributed by atoms with E-state index in [4.69, 9.17) is 17.3 Å². The monoisotopic (exact) mass is 337 g/mol. The molecule has 0 bridgehead atoms. The molecule has 0 amide bonds. The third-order valence-electron chi connectivity index (χ3n) is 3.42. The Labute approximate surface area is 127 Å². The van der Waals surface area contributed by atoms with Gasteiger partial charge in [-0.25, -0.2) is 0 Å². The zero-order chi connectivity index (χ0) is 14.2. The first-order valence-electron chi connectivity index (χ1n) is 6.18. The molecular weight excluding hydrogens is 322 g/mol. The van der Waals surface area contributed by atoms with E-state index in [0.717, 1.165) is 26.2 Å². The highest BCUT2D eigenvalue weighted by Crippen LogP contribution is 2.29. The Hall–Kier alpha value is -0.830. The van der Waals surface area contributed by atoms with Crippen molar-refractivity contribution < 1.29 is 0 Å². The van der Waals surface area contributed by atoms with Crippen LogP contribution in [0.15, 0.2) is 34.8 Å². The Morgan fingerprint density at radius 2 is 1.68 bits per heavy atom. The molecule has 2 aromatic carbocycles. The maximum Gasteiger partial charge on any atom is 0.0554 e. The normalized spacial score (nSPS) is 12.5. The van der Waals surface area contributed by atoms with Crippen molar-refractivity contribution in [2.75, 3.05) is 0 Å². The fourth-order valence-corrected chi connectivity index (χ4v) is 2.75. The van der Waals surface area contributed by atoms with Gasteiger partial charge < -0.3 is 5.73 Å². The molecule has 0 aliphatic carbocycles. The lowest BCUT2D eigenvalue weighted by atomic mass is 9.93. The summed E-state index contributed by atoms with van der Waals surface area (Å²) in [7, 11) is 0. The largest absolute Gasteiger partial charge is 0.320 e. The summed E-state index contributed by atoms with van der Waals surface area (Å²) in [5.41, 5.74) is 12.1. The smallest absolute Gasteiger partial charge is 0.0554 e. The summed E-state index contributed by atoms with van der Waals surface area (Å²) in [4.78, 5) is 0. The molecule has 0 fully saturated rings. The van der Waals surface area contributed by atoms with Crippen molar-refractivity contribution in [2.45, 2.75) is 26.8 Å². The Kier molecular flexibility index (Phi) is 4.34. The maximum absolute atomic E-state index is 6.40. The van der Waals surface area contributed by atoms with Crippen molar-refractivity contribution in [3.05, 3.63) is 67.6 Å². The summed E-state index contributed by atoms with van der Waals surface area (Å²) >= 11 is 9.61. The van der Waals surface area contributed by atoms with Gasteiger partial charge in [0, 0.05) is 9.50 Å². The summed E-state index contributed by atoms with van der Waals surface area (Å²) in [6.45, 7) is 6.16. The first-order chi connectivity index (χ1) is 8.90. The van der Waals surface area contributed by atoms with Gasteiger partial charge >= 0.3 is 0 Å². The molecule has 0 aromatic heterocycles. The van der Waals surface area contributed by atoms with E-state index in [9.17, 15) is 0 Å². The minimum atomic E-state index is -0.122. The minimum Gasteiger partial charge on any atom is -0.320 e. The molecule has 0 heterocycles. The molecule has 2 aromatic rings. The summed E-state index contributed by atoms with van der Waals surface area (Å²) < 4.78 is 1.12. The SMILES string of the molecule is Cc1cc(C(N)c2cc(C)c(Br)cc2C)ccc1Cl. The first kappa shape index (κ1) is 14.6. The van der Waals surface area contributed by atoms with Crippen molar-refractivity contribution in [3.8, 4) is 0 Å². The number of halogens is 2. The number of rotatable bonds is 2. The van der Waals surface area contributed by atoms with E-state index in [0.29, 0.717) is 0 Å². The molecule has 1 unspecified atom stereocenters. The van der Waals surface area contributed by atoms with E-state index in [1.165, 1.54) is 11.1 Å². The predicted octanol–water partition coefficient (Wildman–Crippen LogP) is 5.08. The van der Waals surface area contributed by atoms with Crippen LogP contribution in [0, 0.1) is 20.8 Å². The second kappa shape index (κ2) is 5.66. The van der Waals surface area contributed by atoms with Crippen LogP contribution >= 0.6 is 27.5 Å². The average molecular weight is 339 g/mol. The quantitative estimate of drug-likeness (QED) is 0.812. The summed E-state index contributed by atoms with van der Waals surface area (Å²) in [6.07, 6.45) is 0. The van der Waals surface area contributed by atoms with Gasteiger partial charge in [0.25, 0.3) is 0 Å². The van der Waals surface area contributed by atoms with Crippen molar-refractivity contribution >= 4 is 27.5 Å². The van der Waals surface area contributed by atoms with Gasteiger partial charge in [0.05, 0.1) is 6.04 Å². The zero-order valence-electron chi connectivity index (χ0n) is 11.3. The molecule has 1 nitrogen and oxygen atoms in total. The molecule has 3 heteroatoms. The second-order valence-electron chi connectivity index (χ2n) is 4.94. The Bertz CT molecular complexity index is 622. The van der Waals surface area contributed by atoms with Crippen molar-refractivity contribution in [3.63, 3.8) is 0 Å². The lowest BCUT2D eigenvalue weighted by Crippen LogP contribution is -2.13. The average Bonchev–Trinajstić information content (AvgIpc) is 2.36. The van der Waals surface area contributed by atoms with Gasteiger partial charge in [-0.05, 0) is 60.7 Å². The molecule has 0 saturated carbocycles. The highest BCUT2D eigenvalue weighted by atomic mass is 79.9. The third kappa shape index (κ3) is 3.02. The minimum absolute atomic E-state index is 0.122. The van der Waals surface area contributed by atoms with E-state index < -0.39 is 0 Å². The van der Waals surface area contributed by atoms with Gasteiger partial charge in [0.2, 0.25) is 0 Å². The van der Waals surface area contributed by atoms with Crippen molar-refractivity contribution in [1.29, 1.82) is 0 Å². The first-order valence-corrected chi connectivity index (χ1v) is 7.35. The zero-order valence-corrected chi connectivity index (χ0v) is 13.6. The van der Waals surface area contributed by atoms with E-state index in [1.54, 1.807) is 0 Å².